The van der Waals surface area contributed by atoms with Gasteiger partial charge in [0.15, 0.2) is 0 Å². The highest BCUT2D eigenvalue weighted by atomic mass is 16.2. The Kier molecular flexibility index (Phi) is 6.61. The Hall–Kier alpha value is -3.56. The van der Waals surface area contributed by atoms with Crippen molar-refractivity contribution < 1.29 is 9.59 Å². The normalized spacial score (nSPS) is 17.5. The minimum absolute atomic E-state index is 0.0792. The van der Waals surface area contributed by atoms with Crippen molar-refractivity contribution in [3.63, 3.8) is 0 Å². The van der Waals surface area contributed by atoms with Crippen LogP contribution in [0.2, 0.25) is 0 Å². The standard InChI is InChI=1S/C25H32N8O2/c1-32-19(13-14-27-32)24(34)29-22(16-7-5-3-4-6-8-16)25(35)28-20-12-11-18(15-26-20)23-21(17-9-10-17)30-31-33(23)2/h11-17,22H,3-10H2,1-2H3,(H,29,34)(H,26,28,35)/t22-/m0/s1. The quantitative estimate of drug-likeness (QED) is 0.506. The number of hydrogen-bond donors (Lipinski definition) is 2. The van der Waals surface area contributed by atoms with Crippen LogP contribution in [0.5, 0.6) is 0 Å². The Balaban J connectivity index is 1.33. The van der Waals surface area contributed by atoms with E-state index in [0.717, 1.165) is 68.3 Å². The summed E-state index contributed by atoms with van der Waals surface area (Å²) in [5.41, 5.74) is 3.33. The topological polar surface area (TPSA) is 120 Å². The van der Waals surface area contributed by atoms with Gasteiger partial charge in [-0.3, -0.25) is 14.3 Å². The minimum Gasteiger partial charge on any atom is -0.339 e. The van der Waals surface area contributed by atoms with Crippen LogP contribution in [0.3, 0.4) is 0 Å². The first-order chi connectivity index (χ1) is 17.0. The van der Waals surface area contributed by atoms with E-state index in [0.29, 0.717) is 17.4 Å². The summed E-state index contributed by atoms with van der Waals surface area (Å²) in [5, 5.41) is 18.5. The van der Waals surface area contributed by atoms with Gasteiger partial charge in [-0.05, 0) is 49.8 Å². The molecule has 1 atom stereocenters. The van der Waals surface area contributed by atoms with Crippen LogP contribution in [0.15, 0.2) is 30.6 Å². The molecule has 2 N–H and O–H groups in total. The van der Waals surface area contributed by atoms with Gasteiger partial charge in [-0.1, -0.05) is 30.9 Å². The molecule has 10 nitrogen and oxygen atoms in total. The van der Waals surface area contributed by atoms with Crippen LogP contribution in [0, 0.1) is 5.92 Å². The second-order valence-electron chi connectivity index (χ2n) is 9.69. The Morgan fingerprint density at radius 2 is 1.77 bits per heavy atom. The molecule has 2 amide bonds. The summed E-state index contributed by atoms with van der Waals surface area (Å²) in [6.07, 6.45) is 11.9. The van der Waals surface area contributed by atoms with Gasteiger partial charge >= 0.3 is 0 Å². The number of pyridine rings is 1. The molecule has 0 unspecified atom stereocenters. The van der Waals surface area contributed by atoms with Crippen LogP contribution >= 0.6 is 0 Å². The number of carbonyl (C=O) groups excluding carboxylic acids is 2. The number of aromatic nitrogens is 6. The highest BCUT2D eigenvalue weighted by molar-refractivity contribution is 6.00. The largest absolute Gasteiger partial charge is 0.339 e. The fourth-order valence-electron chi connectivity index (χ4n) is 5.01. The van der Waals surface area contributed by atoms with Crippen LogP contribution in [0.25, 0.3) is 11.3 Å². The molecular weight excluding hydrogens is 444 g/mol. The van der Waals surface area contributed by atoms with Gasteiger partial charge in [-0.2, -0.15) is 5.10 Å². The first-order valence-corrected chi connectivity index (χ1v) is 12.5. The van der Waals surface area contributed by atoms with E-state index in [1.807, 2.05) is 13.1 Å². The third-order valence-electron chi connectivity index (χ3n) is 7.10. The molecule has 10 heteroatoms. The summed E-state index contributed by atoms with van der Waals surface area (Å²) in [6, 6.07) is 4.74. The van der Waals surface area contributed by atoms with Crippen LogP contribution in [0.4, 0.5) is 5.82 Å². The third-order valence-corrected chi connectivity index (χ3v) is 7.10. The first-order valence-electron chi connectivity index (χ1n) is 12.5. The lowest BCUT2D eigenvalue weighted by molar-refractivity contribution is -0.119. The number of anilines is 1. The number of nitrogens with zero attached hydrogens (tertiary/aromatic N) is 6. The van der Waals surface area contributed by atoms with Crippen molar-refractivity contribution in [2.45, 2.75) is 63.3 Å². The summed E-state index contributed by atoms with van der Waals surface area (Å²) < 4.78 is 3.29. The highest BCUT2D eigenvalue weighted by Crippen LogP contribution is 2.42. The third kappa shape index (κ3) is 5.11. The zero-order valence-corrected chi connectivity index (χ0v) is 20.3. The molecule has 2 saturated carbocycles. The molecule has 5 rings (SSSR count). The molecule has 0 saturated heterocycles. The van der Waals surface area contributed by atoms with Gasteiger partial charge < -0.3 is 10.6 Å². The molecule has 184 valence electrons. The van der Waals surface area contributed by atoms with Crippen molar-refractivity contribution in [3.05, 3.63) is 42.0 Å². The van der Waals surface area contributed by atoms with E-state index in [2.05, 4.69) is 31.0 Å². The first kappa shape index (κ1) is 23.2. The van der Waals surface area contributed by atoms with E-state index in [4.69, 9.17) is 0 Å². The number of aryl methyl sites for hydroxylation is 2. The minimum atomic E-state index is -0.639. The number of amides is 2. The molecule has 0 spiro atoms. The molecule has 0 aliphatic heterocycles. The number of hydrogen-bond acceptors (Lipinski definition) is 6. The monoisotopic (exact) mass is 476 g/mol. The van der Waals surface area contributed by atoms with Gasteiger partial charge in [0.25, 0.3) is 5.91 Å². The lowest BCUT2D eigenvalue weighted by Gasteiger charge is -2.26. The summed E-state index contributed by atoms with van der Waals surface area (Å²) in [6.45, 7) is 0. The number of carbonyl (C=O) groups is 2. The second-order valence-corrected chi connectivity index (χ2v) is 9.69. The average Bonchev–Trinajstić information content (AvgIpc) is 3.57. The smallest absolute Gasteiger partial charge is 0.270 e. The van der Waals surface area contributed by atoms with E-state index in [1.165, 1.54) is 4.68 Å². The van der Waals surface area contributed by atoms with Crippen LogP contribution < -0.4 is 10.6 Å². The van der Waals surface area contributed by atoms with Crippen molar-refractivity contribution in [1.82, 2.24) is 35.1 Å². The van der Waals surface area contributed by atoms with Crippen molar-refractivity contribution in [3.8, 4) is 11.3 Å². The molecule has 0 aromatic carbocycles. The molecule has 3 aromatic rings. The van der Waals surface area contributed by atoms with Crippen molar-refractivity contribution in [2.75, 3.05) is 5.32 Å². The fraction of sp³-hybridized carbons (Fsp3) is 0.520. The summed E-state index contributed by atoms with van der Waals surface area (Å²) in [4.78, 5) is 30.9. The van der Waals surface area contributed by atoms with Crippen LogP contribution in [-0.2, 0) is 18.9 Å². The average molecular weight is 477 g/mol. The predicted molar refractivity (Wildman–Crippen MR) is 130 cm³/mol. The van der Waals surface area contributed by atoms with E-state index in [-0.39, 0.29) is 17.7 Å². The summed E-state index contributed by atoms with van der Waals surface area (Å²) in [5.74, 6) is 0.467. The molecule has 3 heterocycles. The van der Waals surface area contributed by atoms with E-state index in [1.54, 1.807) is 36.3 Å². The maximum absolute atomic E-state index is 13.4. The maximum Gasteiger partial charge on any atom is 0.270 e. The van der Waals surface area contributed by atoms with Gasteiger partial charge in [0.2, 0.25) is 5.91 Å². The summed E-state index contributed by atoms with van der Waals surface area (Å²) >= 11 is 0. The molecule has 2 fully saturated rings. The Morgan fingerprint density at radius 3 is 2.40 bits per heavy atom. The van der Waals surface area contributed by atoms with Crippen molar-refractivity contribution in [2.24, 2.45) is 20.0 Å². The Bertz CT molecular complexity index is 1190. The fourth-order valence-corrected chi connectivity index (χ4v) is 5.01. The molecule has 0 radical (unpaired) electrons. The van der Waals surface area contributed by atoms with E-state index in [9.17, 15) is 9.59 Å². The maximum atomic E-state index is 13.4. The van der Waals surface area contributed by atoms with Crippen LogP contribution in [-0.4, -0.2) is 47.6 Å². The molecule has 3 aromatic heterocycles. The molecule has 0 bridgehead atoms. The van der Waals surface area contributed by atoms with Gasteiger partial charge in [-0.15, -0.1) is 5.10 Å². The van der Waals surface area contributed by atoms with Crippen molar-refractivity contribution >= 4 is 17.6 Å². The second kappa shape index (κ2) is 9.97. The molecule has 2 aliphatic rings. The lowest BCUT2D eigenvalue weighted by atomic mass is 9.91. The zero-order valence-electron chi connectivity index (χ0n) is 20.3. The van der Waals surface area contributed by atoms with Gasteiger partial charge in [-0.25, -0.2) is 9.67 Å². The number of nitrogens with one attached hydrogen (secondary N) is 2. The van der Waals surface area contributed by atoms with E-state index < -0.39 is 6.04 Å². The van der Waals surface area contributed by atoms with Gasteiger partial charge in [0, 0.05) is 38.0 Å². The summed E-state index contributed by atoms with van der Waals surface area (Å²) in [7, 11) is 3.60. The zero-order chi connectivity index (χ0) is 24.4. The van der Waals surface area contributed by atoms with E-state index >= 15 is 0 Å². The number of rotatable bonds is 7. The SMILES string of the molecule is Cn1nccc1C(=O)N[C@H](C(=O)Nc1ccc(-c2c(C3CC3)nnn2C)cn1)C1CCCCCC1. The van der Waals surface area contributed by atoms with Crippen molar-refractivity contribution in [1.29, 1.82) is 0 Å². The molecule has 2 aliphatic carbocycles. The molecular formula is C25H32N8O2. The Morgan fingerprint density at radius 1 is 1.00 bits per heavy atom. The van der Waals surface area contributed by atoms with Gasteiger partial charge in [0.1, 0.15) is 17.6 Å². The van der Waals surface area contributed by atoms with Crippen LogP contribution in [0.1, 0.15) is 73.5 Å². The highest BCUT2D eigenvalue weighted by Gasteiger charge is 2.32. The lowest BCUT2D eigenvalue weighted by Crippen LogP contribution is -2.49. The van der Waals surface area contributed by atoms with Gasteiger partial charge in [0.05, 0.1) is 11.4 Å². The predicted octanol–water partition coefficient (Wildman–Crippen LogP) is 3.20. The Labute approximate surface area is 204 Å². The molecule has 35 heavy (non-hydrogen) atoms.